The molecule has 0 unspecified atom stereocenters. The van der Waals surface area contributed by atoms with Gasteiger partial charge in [-0.3, -0.25) is 0 Å². The van der Waals surface area contributed by atoms with Gasteiger partial charge < -0.3 is 19.2 Å². The quantitative estimate of drug-likeness (QED) is 0.169. The zero-order valence-corrected chi connectivity index (χ0v) is 25.8. The molecule has 0 saturated carbocycles. The van der Waals surface area contributed by atoms with Crippen molar-refractivity contribution in [3.63, 3.8) is 0 Å². The van der Waals surface area contributed by atoms with Gasteiger partial charge in [0.25, 0.3) is 0 Å². The zero-order valence-electron chi connectivity index (χ0n) is 23.4. The summed E-state index contributed by atoms with van der Waals surface area (Å²) < 4.78 is 2.38. The Morgan fingerprint density at radius 3 is 2.34 bits per heavy atom. The maximum Gasteiger partial charge on any atom is 3.00 e. The summed E-state index contributed by atoms with van der Waals surface area (Å²) in [6, 6.07) is 34.7. The van der Waals surface area contributed by atoms with Gasteiger partial charge in [-0.2, -0.15) is 6.67 Å². The summed E-state index contributed by atoms with van der Waals surface area (Å²) in [7, 11) is 2.03. The number of pyridine rings is 1. The van der Waals surface area contributed by atoms with Crippen LogP contribution in [0.1, 0.15) is 16.7 Å². The first-order valence-corrected chi connectivity index (χ1v) is 13.5. The standard InChI is InChI=1S/C22H15N3.C14H14N.Ir/c1-23-11-12-24(14-23)15-9-10-21-19(13-15)18-7-4-6-17-16-5-2-3-8-20(16)25(21)22(17)18;1-10-4-6-13(7-5-10)14-8-11(2)12(3)9-15-14;/h2-12,14H,1H3;4-6,8-9H,1-3H3;/q-2;-1;+3. The number of benzene rings is 4. The molecule has 41 heavy (non-hydrogen) atoms. The molecule has 3 aromatic heterocycles. The zero-order chi connectivity index (χ0) is 27.4. The Morgan fingerprint density at radius 2 is 1.59 bits per heavy atom. The summed E-state index contributed by atoms with van der Waals surface area (Å²) in [5.74, 6) is 0. The van der Waals surface area contributed by atoms with Crippen molar-refractivity contribution >= 4 is 43.8 Å². The molecule has 0 saturated heterocycles. The van der Waals surface area contributed by atoms with Crippen LogP contribution in [0.3, 0.4) is 0 Å². The molecule has 1 aliphatic heterocycles. The molecule has 4 nitrogen and oxygen atoms in total. The van der Waals surface area contributed by atoms with Crippen LogP contribution in [0, 0.1) is 39.6 Å². The van der Waals surface area contributed by atoms with Crippen molar-refractivity contribution < 1.29 is 20.1 Å². The number of fused-ring (bicyclic) bond motifs is 6. The number of hydrogen-bond donors (Lipinski definition) is 0. The summed E-state index contributed by atoms with van der Waals surface area (Å²) in [6.07, 6.45) is 6.01. The first kappa shape index (κ1) is 27.0. The second-order valence-corrected chi connectivity index (χ2v) is 10.6. The van der Waals surface area contributed by atoms with E-state index in [9.17, 15) is 0 Å². The van der Waals surface area contributed by atoms with Crippen LogP contribution < -0.4 is 4.90 Å². The molecule has 0 atom stereocenters. The number of nitrogens with zero attached hydrogens (tertiary/aromatic N) is 4. The van der Waals surface area contributed by atoms with Crippen molar-refractivity contribution in [1.82, 2.24) is 14.3 Å². The third-order valence-corrected chi connectivity index (χ3v) is 7.78. The van der Waals surface area contributed by atoms with Crippen LogP contribution >= 0.6 is 0 Å². The van der Waals surface area contributed by atoms with Gasteiger partial charge in [0.15, 0.2) is 0 Å². The van der Waals surface area contributed by atoms with E-state index in [2.05, 4.69) is 133 Å². The molecule has 1 aliphatic rings. The van der Waals surface area contributed by atoms with Crippen LogP contribution in [0.25, 0.3) is 49.4 Å². The minimum absolute atomic E-state index is 0. The summed E-state index contributed by atoms with van der Waals surface area (Å²) in [6.45, 7) is 8.30. The van der Waals surface area contributed by atoms with Gasteiger partial charge in [0, 0.05) is 22.6 Å². The Morgan fingerprint density at radius 1 is 0.780 bits per heavy atom. The number of aryl methyl sites for hydroxylation is 3. The topological polar surface area (TPSA) is 23.8 Å². The van der Waals surface area contributed by atoms with Gasteiger partial charge in [-0.15, -0.1) is 59.0 Å². The molecule has 0 amide bonds. The molecule has 5 heteroatoms. The van der Waals surface area contributed by atoms with E-state index >= 15 is 0 Å². The molecule has 4 aromatic carbocycles. The van der Waals surface area contributed by atoms with Gasteiger partial charge in [-0.25, -0.2) is 0 Å². The summed E-state index contributed by atoms with van der Waals surface area (Å²) in [4.78, 5) is 8.55. The van der Waals surface area contributed by atoms with Crippen molar-refractivity contribution in [2.24, 2.45) is 0 Å². The van der Waals surface area contributed by atoms with E-state index in [-0.39, 0.29) is 20.1 Å². The van der Waals surface area contributed by atoms with Crippen LogP contribution in [-0.4, -0.2) is 21.3 Å². The van der Waals surface area contributed by atoms with Crippen molar-refractivity contribution in [3.8, 4) is 11.3 Å². The molecule has 8 rings (SSSR count). The predicted molar refractivity (Wildman–Crippen MR) is 166 cm³/mol. The van der Waals surface area contributed by atoms with Crippen molar-refractivity contribution in [2.75, 3.05) is 11.9 Å². The average molecular weight is 710 g/mol. The molecule has 0 N–H and O–H groups in total. The molecule has 0 spiro atoms. The molecule has 7 aromatic rings. The van der Waals surface area contributed by atoms with Crippen LogP contribution in [-0.2, 0) is 20.1 Å². The van der Waals surface area contributed by atoms with Crippen LogP contribution in [0.2, 0.25) is 0 Å². The Bertz CT molecular complexity index is 2040. The Kier molecular flexibility index (Phi) is 7.02. The fourth-order valence-corrected chi connectivity index (χ4v) is 5.51. The fourth-order valence-electron chi connectivity index (χ4n) is 5.51. The van der Waals surface area contributed by atoms with E-state index in [0.717, 1.165) is 16.9 Å². The molecule has 0 aliphatic carbocycles. The largest absolute Gasteiger partial charge is 3.00 e. The minimum Gasteiger partial charge on any atom is -0.510 e. The number of para-hydroxylation sites is 2. The van der Waals surface area contributed by atoms with Crippen molar-refractivity contribution in [2.45, 2.75) is 20.8 Å². The van der Waals surface area contributed by atoms with E-state index in [0.29, 0.717) is 0 Å². The number of aromatic nitrogens is 2. The minimum atomic E-state index is 0. The fraction of sp³-hybridized carbons (Fsp3) is 0.111. The Balaban J connectivity index is 0.000000164. The summed E-state index contributed by atoms with van der Waals surface area (Å²) in [5.41, 5.74) is 10.6. The monoisotopic (exact) mass is 710 g/mol. The van der Waals surface area contributed by atoms with E-state index in [1.54, 1.807) is 0 Å². The Labute approximate surface area is 254 Å². The SMILES string of the molecule is CN1C=CN(c2[c-]c3c4cccc5c6ccccc6n(c3cc2)c45)[CH-]1.Cc1c[c-]c(-c2cc(C)c(C)cn2)cc1.[Ir+3]. The number of anilines is 1. The van der Waals surface area contributed by atoms with Gasteiger partial charge in [0.05, 0.1) is 0 Å². The Hall–Kier alpha value is -4.18. The second kappa shape index (κ2) is 10.7. The number of hydrogen-bond acceptors (Lipinski definition) is 3. The smallest absolute Gasteiger partial charge is 0.510 e. The normalized spacial score (nSPS) is 12.9. The maximum atomic E-state index is 4.41. The van der Waals surface area contributed by atoms with Gasteiger partial charge in [0.1, 0.15) is 0 Å². The van der Waals surface area contributed by atoms with Gasteiger partial charge in [-0.05, 0) is 61.5 Å². The second-order valence-electron chi connectivity index (χ2n) is 10.6. The molecule has 0 bridgehead atoms. The summed E-state index contributed by atoms with van der Waals surface area (Å²) in [5, 5.41) is 5.07. The predicted octanol–water partition coefficient (Wildman–Crippen LogP) is 8.45. The van der Waals surface area contributed by atoms with Crippen molar-refractivity contribution in [1.29, 1.82) is 0 Å². The van der Waals surface area contributed by atoms with Crippen LogP contribution in [0.5, 0.6) is 0 Å². The van der Waals surface area contributed by atoms with Gasteiger partial charge in [0.2, 0.25) is 0 Å². The van der Waals surface area contributed by atoms with E-state index < -0.39 is 0 Å². The summed E-state index contributed by atoms with van der Waals surface area (Å²) >= 11 is 0. The molecular weight excluding hydrogens is 681 g/mol. The average Bonchev–Trinajstić information content (AvgIpc) is 3.66. The van der Waals surface area contributed by atoms with E-state index in [1.165, 1.54) is 54.8 Å². The first-order valence-electron chi connectivity index (χ1n) is 13.5. The van der Waals surface area contributed by atoms with E-state index in [4.69, 9.17) is 0 Å². The molecule has 0 fully saturated rings. The molecule has 202 valence electrons. The van der Waals surface area contributed by atoms with Crippen LogP contribution in [0.15, 0.2) is 97.5 Å². The molecule has 4 heterocycles. The molecular formula is C36H29IrN4. The maximum absolute atomic E-state index is 4.41. The first-order chi connectivity index (χ1) is 19.5. The van der Waals surface area contributed by atoms with Gasteiger partial charge in [-0.1, -0.05) is 66.0 Å². The van der Waals surface area contributed by atoms with Crippen LogP contribution in [0.4, 0.5) is 5.69 Å². The van der Waals surface area contributed by atoms with Crippen molar-refractivity contribution in [3.05, 3.63) is 133 Å². The van der Waals surface area contributed by atoms with E-state index in [1.807, 2.05) is 30.4 Å². The third kappa shape index (κ3) is 4.65. The number of rotatable bonds is 2. The molecule has 0 radical (unpaired) electrons. The van der Waals surface area contributed by atoms with Gasteiger partial charge >= 0.3 is 20.1 Å². The third-order valence-electron chi connectivity index (χ3n) is 7.78.